The van der Waals surface area contributed by atoms with Gasteiger partial charge in [-0.2, -0.15) is 0 Å². The Hall–Kier alpha value is -3.41. The van der Waals surface area contributed by atoms with E-state index < -0.39 is 0 Å². The number of hydrogen-bond acceptors (Lipinski definition) is 5. The lowest BCUT2D eigenvalue weighted by molar-refractivity contribution is -0.151. The molecule has 1 aliphatic rings. The topological polar surface area (TPSA) is 66.2 Å². The van der Waals surface area contributed by atoms with Crippen molar-refractivity contribution in [3.05, 3.63) is 55.0 Å². The van der Waals surface area contributed by atoms with Crippen molar-refractivity contribution in [2.24, 2.45) is 13.0 Å². The smallest absolute Gasteiger partial charge is 0.308 e. The normalized spacial score (nSPS) is 18.6. The van der Waals surface area contributed by atoms with Crippen LogP contribution in [0.3, 0.4) is 0 Å². The highest BCUT2D eigenvalue weighted by atomic mass is 16.5. The second-order valence-corrected chi connectivity index (χ2v) is 7.50. The van der Waals surface area contributed by atoms with Crippen molar-refractivity contribution in [3.8, 4) is 17.0 Å². The van der Waals surface area contributed by atoms with Gasteiger partial charge in [-0.1, -0.05) is 12.1 Å². The Balaban J connectivity index is 1.36. The van der Waals surface area contributed by atoms with E-state index in [-0.39, 0.29) is 18.0 Å². The molecule has 0 radical (unpaired) electrons. The van der Waals surface area contributed by atoms with E-state index in [1.165, 1.54) is 18.0 Å². The summed E-state index contributed by atoms with van der Waals surface area (Å²) in [5.74, 6) is 0.374. The fourth-order valence-electron chi connectivity index (χ4n) is 4.05. The first-order valence-corrected chi connectivity index (χ1v) is 9.67. The fourth-order valence-corrected chi connectivity index (χ4v) is 4.05. The molecule has 1 aromatic carbocycles. The molecule has 5 rings (SSSR count). The monoisotopic (exact) mass is 387 g/mol. The number of ether oxygens (including phenoxy) is 2. The van der Waals surface area contributed by atoms with Crippen molar-refractivity contribution in [1.82, 2.24) is 14.5 Å². The molecule has 1 fully saturated rings. The zero-order chi connectivity index (χ0) is 20.0. The number of aryl methyl sites for hydroxylation is 1. The zero-order valence-electron chi connectivity index (χ0n) is 16.3. The van der Waals surface area contributed by atoms with E-state index in [0.29, 0.717) is 18.7 Å². The minimum absolute atomic E-state index is 0.0261. The zero-order valence-corrected chi connectivity index (χ0v) is 16.3. The molecule has 3 heterocycles. The molecule has 6 heteroatoms. The van der Waals surface area contributed by atoms with E-state index in [1.54, 1.807) is 0 Å². The molecule has 0 bridgehead atoms. The highest BCUT2D eigenvalue weighted by molar-refractivity contribution is 6.08. The summed E-state index contributed by atoms with van der Waals surface area (Å²) >= 11 is 0. The molecule has 6 nitrogen and oxygen atoms in total. The van der Waals surface area contributed by atoms with Crippen LogP contribution in [0.4, 0.5) is 0 Å². The standard InChI is InChI=1S/C23H21N3O3/c1-26-20-7-8-24-13-19(20)18-5-3-14(11-21(18)26)15-4-6-22(25-12-15)29-17-9-16(10-17)23(27)28-2/h3-8,11-13,16-17H,9-10H2,1-2H3. The highest BCUT2D eigenvalue weighted by Crippen LogP contribution is 2.33. The van der Waals surface area contributed by atoms with Gasteiger partial charge in [0.25, 0.3) is 0 Å². The molecule has 1 saturated carbocycles. The maximum atomic E-state index is 11.5. The third-order valence-corrected chi connectivity index (χ3v) is 5.80. The van der Waals surface area contributed by atoms with Gasteiger partial charge in [-0.05, 0) is 36.6 Å². The Kier molecular flexibility index (Phi) is 4.19. The number of nitrogens with zero attached hydrogens (tertiary/aromatic N) is 3. The van der Waals surface area contributed by atoms with Gasteiger partial charge in [-0.15, -0.1) is 0 Å². The molecule has 0 unspecified atom stereocenters. The molecule has 29 heavy (non-hydrogen) atoms. The van der Waals surface area contributed by atoms with Crippen LogP contribution < -0.4 is 4.74 Å². The minimum atomic E-state index is -0.160. The average Bonchev–Trinajstić information content (AvgIpc) is 3.02. The van der Waals surface area contributed by atoms with Crippen molar-refractivity contribution in [1.29, 1.82) is 0 Å². The number of methoxy groups -OCH3 is 1. The Labute approximate surface area is 168 Å². The Morgan fingerprint density at radius 1 is 1.03 bits per heavy atom. The molecule has 0 saturated heterocycles. The van der Waals surface area contributed by atoms with E-state index in [2.05, 4.69) is 39.8 Å². The van der Waals surface area contributed by atoms with Crippen LogP contribution in [0.1, 0.15) is 12.8 Å². The first-order chi connectivity index (χ1) is 14.1. The summed E-state index contributed by atoms with van der Waals surface area (Å²) < 4.78 is 12.8. The van der Waals surface area contributed by atoms with Crippen LogP contribution in [0.2, 0.25) is 0 Å². The third-order valence-electron chi connectivity index (χ3n) is 5.80. The summed E-state index contributed by atoms with van der Waals surface area (Å²) in [6.45, 7) is 0. The summed E-state index contributed by atoms with van der Waals surface area (Å²) in [7, 11) is 3.49. The predicted octanol–water partition coefficient (Wildman–Crippen LogP) is 4.12. The van der Waals surface area contributed by atoms with E-state index in [0.717, 1.165) is 22.0 Å². The SMILES string of the molecule is COC(=O)C1CC(Oc2ccc(-c3ccc4c5cnccc5n(C)c4c3)cn2)C1. The summed E-state index contributed by atoms with van der Waals surface area (Å²) in [5, 5.41) is 2.35. The second-order valence-electron chi connectivity index (χ2n) is 7.50. The van der Waals surface area contributed by atoms with E-state index in [4.69, 9.17) is 9.47 Å². The molecule has 0 aliphatic heterocycles. The van der Waals surface area contributed by atoms with Gasteiger partial charge in [0.2, 0.25) is 5.88 Å². The number of rotatable bonds is 4. The number of benzene rings is 1. The number of fused-ring (bicyclic) bond motifs is 3. The summed E-state index contributed by atoms with van der Waals surface area (Å²) in [6, 6.07) is 12.4. The van der Waals surface area contributed by atoms with E-state index in [1.807, 2.05) is 36.8 Å². The minimum Gasteiger partial charge on any atom is -0.474 e. The maximum absolute atomic E-state index is 11.5. The van der Waals surface area contributed by atoms with Crippen molar-refractivity contribution >= 4 is 27.8 Å². The maximum Gasteiger partial charge on any atom is 0.308 e. The van der Waals surface area contributed by atoms with Gasteiger partial charge in [0.05, 0.1) is 18.5 Å². The Morgan fingerprint density at radius 3 is 2.62 bits per heavy atom. The molecule has 0 spiro atoms. The third kappa shape index (κ3) is 3.01. The first kappa shape index (κ1) is 17.7. The predicted molar refractivity (Wildman–Crippen MR) is 111 cm³/mol. The Bertz CT molecular complexity index is 1210. The lowest BCUT2D eigenvalue weighted by Crippen LogP contribution is -2.38. The van der Waals surface area contributed by atoms with Crippen LogP contribution in [0.25, 0.3) is 32.9 Å². The van der Waals surface area contributed by atoms with Crippen LogP contribution >= 0.6 is 0 Å². The summed E-state index contributed by atoms with van der Waals surface area (Å²) in [4.78, 5) is 20.2. The second kappa shape index (κ2) is 6.88. The number of aromatic nitrogens is 3. The molecule has 146 valence electrons. The van der Waals surface area contributed by atoms with E-state index >= 15 is 0 Å². The van der Waals surface area contributed by atoms with E-state index in [9.17, 15) is 4.79 Å². The van der Waals surface area contributed by atoms with Gasteiger partial charge >= 0.3 is 5.97 Å². The van der Waals surface area contributed by atoms with Crippen LogP contribution in [0.5, 0.6) is 5.88 Å². The Morgan fingerprint density at radius 2 is 1.86 bits per heavy atom. The van der Waals surface area contributed by atoms with Gasteiger partial charge in [0.1, 0.15) is 6.10 Å². The molecule has 0 atom stereocenters. The van der Waals surface area contributed by atoms with Gasteiger partial charge < -0.3 is 14.0 Å². The quantitative estimate of drug-likeness (QED) is 0.493. The van der Waals surface area contributed by atoms with Crippen LogP contribution in [0, 0.1) is 5.92 Å². The summed E-state index contributed by atoms with van der Waals surface area (Å²) in [5.41, 5.74) is 4.46. The van der Waals surface area contributed by atoms with Crippen LogP contribution in [0.15, 0.2) is 55.0 Å². The van der Waals surface area contributed by atoms with Gasteiger partial charge in [0.15, 0.2) is 0 Å². The number of esters is 1. The van der Waals surface area contributed by atoms with Crippen molar-refractivity contribution in [3.63, 3.8) is 0 Å². The van der Waals surface area contributed by atoms with Crippen LogP contribution in [-0.4, -0.2) is 33.7 Å². The number of pyridine rings is 2. The molecule has 3 aromatic heterocycles. The summed E-state index contributed by atoms with van der Waals surface area (Å²) in [6.07, 6.45) is 6.96. The lowest BCUT2D eigenvalue weighted by atomic mass is 9.82. The van der Waals surface area contributed by atoms with Crippen LogP contribution in [-0.2, 0) is 16.6 Å². The largest absolute Gasteiger partial charge is 0.474 e. The van der Waals surface area contributed by atoms with Crippen molar-refractivity contribution in [2.75, 3.05) is 7.11 Å². The number of hydrogen-bond donors (Lipinski definition) is 0. The number of carbonyl (C=O) groups is 1. The van der Waals surface area contributed by atoms with Gasteiger partial charge in [0, 0.05) is 53.6 Å². The van der Waals surface area contributed by atoms with Gasteiger partial charge in [-0.3, -0.25) is 9.78 Å². The molecule has 4 aromatic rings. The fraction of sp³-hybridized carbons (Fsp3) is 0.261. The highest BCUT2D eigenvalue weighted by Gasteiger charge is 2.37. The molecule has 0 amide bonds. The van der Waals surface area contributed by atoms with Gasteiger partial charge in [-0.25, -0.2) is 4.98 Å². The molecular formula is C23H21N3O3. The van der Waals surface area contributed by atoms with Crippen molar-refractivity contribution in [2.45, 2.75) is 18.9 Å². The first-order valence-electron chi connectivity index (χ1n) is 9.67. The molecular weight excluding hydrogens is 366 g/mol. The molecule has 1 aliphatic carbocycles. The van der Waals surface area contributed by atoms with Crippen molar-refractivity contribution < 1.29 is 14.3 Å². The number of carbonyl (C=O) groups excluding carboxylic acids is 1. The molecule has 0 N–H and O–H groups in total. The average molecular weight is 387 g/mol. The lowest BCUT2D eigenvalue weighted by Gasteiger charge is -2.32.